The monoisotopic (exact) mass is 321 g/mol. The molecule has 2 aliphatic heterocycles. The van der Waals surface area contributed by atoms with Crippen LogP contribution in [0.1, 0.15) is 26.7 Å². The van der Waals surface area contributed by atoms with E-state index < -0.39 is 36.3 Å². The van der Waals surface area contributed by atoms with Crippen LogP contribution in [0.3, 0.4) is 0 Å². The van der Waals surface area contributed by atoms with Crippen molar-refractivity contribution in [3.8, 4) is 6.07 Å². The summed E-state index contributed by atoms with van der Waals surface area (Å²) in [6.45, 7) is 3.14. The lowest BCUT2D eigenvalue weighted by Crippen LogP contribution is -2.64. The van der Waals surface area contributed by atoms with Gasteiger partial charge in [0.1, 0.15) is 12.1 Å². The Labute approximate surface area is 133 Å². The molecule has 0 aromatic heterocycles. The number of amides is 2. The van der Waals surface area contributed by atoms with Crippen LogP contribution in [0.2, 0.25) is 0 Å². The Hall–Kier alpha value is -2.56. The molecule has 0 unspecified atom stereocenters. The van der Waals surface area contributed by atoms with E-state index in [2.05, 4.69) is 5.32 Å². The average molecular weight is 321 g/mol. The van der Waals surface area contributed by atoms with Gasteiger partial charge in [-0.15, -0.1) is 0 Å². The molecule has 0 aliphatic carbocycles. The Morgan fingerprint density at radius 3 is 2.78 bits per heavy atom. The molecule has 5 atom stereocenters. The van der Waals surface area contributed by atoms with E-state index in [0.717, 1.165) is 0 Å². The summed E-state index contributed by atoms with van der Waals surface area (Å²) in [4.78, 5) is 36.4. The molecule has 2 fully saturated rings. The maximum atomic E-state index is 12.3. The lowest BCUT2D eigenvalue weighted by molar-refractivity contribution is -0.143. The fraction of sp³-hybridized carbons (Fsp3) is 0.600. The third kappa shape index (κ3) is 3.13. The number of ether oxygens (including phenoxy) is 1. The van der Waals surface area contributed by atoms with Gasteiger partial charge in [0.15, 0.2) is 0 Å². The van der Waals surface area contributed by atoms with Crippen molar-refractivity contribution in [3.63, 3.8) is 0 Å². The van der Waals surface area contributed by atoms with Crippen LogP contribution in [-0.2, 0) is 14.3 Å². The van der Waals surface area contributed by atoms with Gasteiger partial charge < -0.3 is 15.2 Å². The van der Waals surface area contributed by atoms with Crippen LogP contribution in [0, 0.1) is 17.2 Å². The second-order valence-corrected chi connectivity index (χ2v) is 5.69. The summed E-state index contributed by atoms with van der Waals surface area (Å²) in [6.07, 6.45) is 2.25. The molecule has 0 radical (unpaired) electrons. The maximum Gasteiger partial charge on any atom is 0.411 e. The third-order valence-corrected chi connectivity index (χ3v) is 4.21. The number of carbonyl (C=O) groups is 3. The second kappa shape index (κ2) is 6.69. The van der Waals surface area contributed by atoms with Gasteiger partial charge >= 0.3 is 12.1 Å². The van der Waals surface area contributed by atoms with E-state index in [1.165, 1.54) is 11.8 Å². The largest absolute Gasteiger partial charge is 0.480 e. The number of carboxylic acids is 1. The van der Waals surface area contributed by atoms with Gasteiger partial charge in [0, 0.05) is 12.8 Å². The molecule has 2 N–H and O–H groups in total. The van der Waals surface area contributed by atoms with E-state index in [1.807, 2.05) is 12.1 Å². The molecule has 2 heterocycles. The fourth-order valence-corrected chi connectivity index (χ4v) is 3.43. The Bertz CT molecular complexity index is 582. The number of rotatable bonds is 4. The number of fused-ring (bicyclic) bond motifs is 1. The van der Waals surface area contributed by atoms with Crippen molar-refractivity contribution in [1.29, 1.82) is 5.26 Å². The molecule has 0 bridgehead atoms. The van der Waals surface area contributed by atoms with E-state index in [9.17, 15) is 19.5 Å². The summed E-state index contributed by atoms with van der Waals surface area (Å²) in [5.41, 5.74) is 0. The predicted molar refractivity (Wildman–Crippen MR) is 78.1 cm³/mol. The molecule has 124 valence electrons. The smallest absolute Gasteiger partial charge is 0.411 e. The lowest BCUT2D eigenvalue weighted by Gasteiger charge is -2.43. The van der Waals surface area contributed by atoms with Crippen molar-refractivity contribution in [1.82, 2.24) is 10.2 Å². The molecular weight excluding hydrogens is 302 g/mol. The minimum Gasteiger partial charge on any atom is -0.480 e. The van der Waals surface area contributed by atoms with E-state index in [4.69, 9.17) is 10.00 Å². The summed E-state index contributed by atoms with van der Waals surface area (Å²) >= 11 is 0. The third-order valence-electron chi connectivity index (χ3n) is 4.21. The molecule has 2 rings (SSSR count). The molecule has 0 aromatic rings. The van der Waals surface area contributed by atoms with Crippen molar-refractivity contribution < 1.29 is 24.2 Å². The van der Waals surface area contributed by atoms with Gasteiger partial charge in [-0.05, 0) is 13.3 Å². The zero-order chi connectivity index (χ0) is 17.1. The van der Waals surface area contributed by atoms with Gasteiger partial charge in [0.25, 0.3) is 0 Å². The zero-order valence-electron chi connectivity index (χ0n) is 12.9. The van der Waals surface area contributed by atoms with Gasteiger partial charge in [-0.3, -0.25) is 9.69 Å². The molecule has 2 saturated heterocycles. The van der Waals surface area contributed by atoms with Gasteiger partial charge in [-0.25, -0.2) is 9.59 Å². The topological polar surface area (TPSA) is 120 Å². The van der Waals surface area contributed by atoms with Crippen molar-refractivity contribution in [2.45, 2.75) is 50.9 Å². The Morgan fingerprint density at radius 1 is 1.57 bits per heavy atom. The SMILES string of the molecule is C/C=C\[C@@H]1C[C@H](C(=O)O)N2C(=O)O[C@@H](CC#N)[C@H](NC(C)=O)[C@@H]12. The number of allylic oxidation sites excluding steroid dienone is 1. The van der Waals surface area contributed by atoms with Crippen LogP contribution < -0.4 is 5.32 Å². The van der Waals surface area contributed by atoms with Gasteiger partial charge in [-0.1, -0.05) is 12.2 Å². The minimum atomic E-state index is -1.11. The number of hydrogen-bond acceptors (Lipinski definition) is 5. The highest BCUT2D eigenvalue weighted by atomic mass is 16.6. The van der Waals surface area contributed by atoms with Crippen molar-refractivity contribution in [3.05, 3.63) is 12.2 Å². The highest BCUT2D eigenvalue weighted by Crippen LogP contribution is 2.38. The first kappa shape index (κ1) is 16.8. The first-order valence-corrected chi connectivity index (χ1v) is 7.39. The maximum absolute atomic E-state index is 12.3. The van der Waals surface area contributed by atoms with Crippen LogP contribution >= 0.6 is 0 Å². The number of aliphatic carboxylic acids is 1. The lowest BCUT2D eigenvalue weighted by atomic mass is 9.88. The van der Waals surface area contributed by atoms with Crippen LogP contribution in [0.25, 0.3) is 0 Å². The summed E-state index contributed by atoms with van der Waals surface area (Å²) < 4.78 is 5.22. The predicted octanol–water partition coefficient (Wildman–Crippen LogP) is 0.643. The first-order valence-electron chi connectivity index (χ1n) is 7.39. The fourth-order valence-electron chi connectivity index (χ4n) is 3.43. The Morgan fingerprint density at radius 2 is 2.26 bits per heavy atom. The van der Waals surface area contributed by atoms with Gasteiger partial charge in [-0.2, -0.15) is 5.26 Å². The van der Waals surface area contributed by atoms with Crippen molar-refractivity contribution in [2.75, 3.05) is 0 Å². The van der Waals surface area contributed by atoms with Crippen LogP contribution in [0.15, 0.2) is 12.2 Å². The van der Waals surface area contributed by atoms with Crippen LogP contribution in [0.5, 0.6) is 0 Å². The van der Waals surface area contributed by atoms with E-state index in [-0.39, 0.29) is 24.7 Å². The molecule has 23 heavy (non-hydrogen) atoms. The molecule has 8 heteroatoms. The summed E-state index contributed by atoms with van der Waals surface area (Å²) in [7, 11) is 0. The number of nitrogens with one attached hydrogen (secondary N) is 1. The van der Waals surface area contributed by atoms with E-state index in [1.54, 1.807) is 13.0 Å². The molecule has 2 aliphatic rings. The zero-order valence-corrected chi connectivity index (χ0v) is 12.9. The summed E-state index contributed by atoms with van der Waals surface area (Å²) in [5.74, 6) is -1.67. The summed E-state index contributed by atoms with van der Waals surface area (Å²) in [5, 5.41) is 21.0. The van der Waals surface area contributed by atoms with E-state index in [0.29, 0.717) is 0 Å². The molecular formula is C15H19N3O5. The number of carbonyl (C=O) groups excluding carboxylic acids is 2. The molecule has 0 aromatic carbocycles. The standard InChI is InChI=1S/C15H19N3O5/c1-3-4-9-7-10(14(20)21)18-13(9)12(17-8(2)19)11(5-6-16)23-15(18)22/h3-4,9-13H,5,7H2,1-2H3,(H,17,19)(H,20,21)/b4-3-/t9-,10-,11+,12+,13-/m1/s1. The van der Waals surface area contributed by atoms with Crippen molar-refractivity contribution in [2.24, 2.45) is 5.92 Å². The molecule has 8 nitrogen and oxygen atoms in total. The highest BCUT2D eigenvalue weighted by Gasteiger charge is 2.55. The second-order valence-electron chi connectivity index (χ2n) is 5.69. The average Bonchev–Trinajstić information content (AvgIpc) is 2.84. The first-order chi connectivity index (χ1) is 10.9. The van der Waals surface area contributed by atoms with E-state index >= 15 is 0 Å². The Kier molecular flexibility index (Phi) is 4.89. The molecule has 0 spiro atoms. The normalized spacial score (nSPS) is 33.0. The summed E-state index contributed by atoms with van der Waals surface area (Å²) in [6, 6.07) is -0.241. The number of carboxylic acid groups (broad SMARTS) is 1. The Balaban J connectivity index is 2.43. The number of nitriles is 1. The number of nitrogens with zero attached hydrogens (tertiary/aromatic N) is 2. The van der Waals surface area contributed by atoms with Gasteiger partial charge in [0.05, 0.1) is 24.6 Å². The molecule has 0 saturated carbocycles. The van der Waals surface area contributed by atoms with Gasteiger partial charge in [0.2, 0.25) is 5.91 Å². The van der Waals surface area contributed by atoms with Crippen LogP contribution in [-0.4, -0.2) is 52.2 Å². The minimum absolute atomic E-state index is 0.0681. The van der Waals surface area contributed by atoms with Crippen molar-refractivity contribution >= 4 is 18.0 Å². The highest BCUT2D eigenvalue weighted by molar-refractivity contribution is 5.82. The number of hydrogen-bond donors (Lipinski definition) is 2. The molecule has 2 amide bonds. The van der Waals surface area contributed by atoms with Crippen LogP contribution in [0.4, 0.5) is 4.79 Å². The number of cyclic esters (lactones) is 1. The quantitative estimate of drug-likeness (QED) is 0.733.